The van der Waals surface area contributed by atoms with Gasteiger partial charge >= 0.3 is 0 Å². The Hall–Kier alpha value is -2.88. The molecular weight excluding hydrogens is 324 g/mol. The van der Waals surface area contributed by atoms with Gasteiger partial charge in [0.15, 0.2) is 0 Å². The third-order valence-electron chi connectivity index (χ3n) is 4.15. The fourth-order valence-electron chi connectivity index (χ4n) is 2.65. The van der Waals surface area contributed by atoms with Crippen LogP contribution in [0.5, 0.6) is 5.75 Å². The quantitative estimate of drug-likeness (QED) is 0.664. The number of nitrogens with one attached hydrogen (secondary N) is 1. The zero-order chi connectivity index (χ0) is 18.5. The predicted molar refractivity (Wildman–Crippen MR) is 106 cm³/mol. The second-order valence-electron chi connectivity index (χ2n) is 6.87. The van der Waals surface area contributed by atoms with Crippen LogP contribution in [0, 0.1) is 12.8 Å². The van der Waals surface area contributed by atoms with E-state index in [9.17, 15) is 4.79 Å². The molecule has 1 N–H and O–H groups in total. The molecule has 0 aliphatic heterocycles. The zero-order valence-electron chi connectivity index (χ0n) is 15.5. The van der Waals surface area contributed by atoms with Crippen LogP contribution in [0.25, 0.3) is 10.9 Å². The molecule has 1 aromatic heterocycles. The Bertz CT molecular complexity index is 919. The number of fused-ring (bicyclic) bond motifs is 1. The Labute approximate surface area is 154 Å². The molecule has 0 fully saturated rings. The summed E-state index contributed by atoms with van der Waals surface area (Å²) >= 11 is 0. The number of amides is 1. The van der Waals surface area contributed by atoms with E-state index in [1.165, 1.54) is 0 Å². The highest BCUT2D eigenvalue weighted by molar-refractivity contribution is 6.06. The number of pyridine rings is 1. The van der Waals surface area contributed by atoms with Crippen LogP contribution in [-0.4, -0.2) is 17.5 Å². The summed E-state index contributed by atoms with van der Waals surface area (Å²) in [6.45, 7) is 6.96. The summed E-state index contributed by atoms with van der Waals surface area (Å²) in [6, 6.07) is 17.0. The predicted octanol–water partition coefficient (Wildman–Crippen LogP) is 5.22. The molecule has 3 rings (SSSR count). The van der Waals surface area contributed by atoms with Crippen LogP contribution < -0.4 is 10.1 Å². The van der Waals surface area contributed by atoms with Crippen LogP contribution in [0.4, 0.5) is 5.69 Å². The molecule has 0 aliphatic rings. The van der Waals surface area contributed by atoms with Gasteiger partial charge in [-0.1, -0.05) is 26.0 Å². The van der Waals surface area contributed by atoms with Crippen molar-refractivity contribution in [2.45, 2.75) is 27.2 Å². The summed E-state index contributed by atoms with van der Waals surface area (Å²) in [7, 11) is 0. The van der Waals surface area contributed by atoms with Crippen molar-refractivity contribution in [2.24, 2.45) is 5.92 Å². The van der Waals surface area contributed by atoms with E-state index in [0.29, 0.717) is 18.1 Å². The molecule has 0 saturated carbocycles. The summed E-state index contributed by atoms with van der Waals surface area (Å²) < 4.78 is 5.75. The molecule has 0 radical (unpaired) electrons. The number of hydrogen-bond acceptors (Lipinski definition) is 3. The molecule has 4 nitrogen and oxygen atoms in total. The van der Waals surface area contributed by atoms with Gasteiger partial charge in [-0.2, -0.15) is 0 Å². The van der Waals surface area contributed by atoms with Gasteiger partial charge in [-0.05, 0) is 55.7 Å². The Morgan fingerprint density at radius 1 is 1.12 bits per heavy atom. The van der Waals surface area contributed by atoms with E-state index in [4.69, 9.17) is 4.74 Å². The van der Waals surface area contributed by atoms with Crippen LogP contribution in [0.3, 0.4) is 0 Å². The third kappa shape index (κ3) is 4.60. The molecule has 4 heteroatoms. The Balaban J connectivity index is 1.70. The van der Waals surface area contributed by atoms with Crippen molar-refractivity contribution in [3.05, 3.63) is 65.9 Å². The molecule has 3 aromatic rings. The lowest BCUT2D eigenvalue weighted by Gasteiger charge is -2.10. The van der Waals surface area contributed by atoms with Crippen molar-refractivity contribution >= 4 is 22.5 Å². The molecule has 0 atom stereocenters. The van der Waals surface area contributed by atoms with E-state index in [1.807, 2.05) is 55.5 Å². The highest BCUT2D eigenvalue weighted by Gasteiger charge is 2.08. The standard InChI is InChI=1S/C22H24N2O2/c1-15(2)11-12-26-20-6-4-5-19(14-20)24-22(25)18-9-10-21-17(13-18)8-7-16(3)23-21/h4-10,13-15H,11-12H2,1-3H3,(H,24,25). The van der Waals surface area contributed by atoms with Gasteiger partial charge < -0.3 is 10.1 Å². The number of nitrogens with zero attached hydrogens (tertiary/aromatic N) is 1. The number of carbonyl (C=O) groups excluding carboxylic acids is 1. The molecule has 0 spiro atoms. The van der Waals surface area contributed by atoms with Gasteiger partial charge in [0.25, 0.3) is 5.91 Å². The third-order valence-corrected chi connectivity index (χ3v) is 4.15. The fourth-order valence-corrected chi connectivity index (χ4v) is 2.65. The first-order valence-corrected chi connectivity index (χ1v) is 8.93. The molecule has 0 unspecified atom stereocenters. The van der Waals surface area contributed by atoms with Crippen molar-refractivity contribution in [2.75, 3.05) is 11.9 Å². The van der Waals surface area contributed by atoms with Gasteiger partial charge in [0.2, 0.25) is 0 Å². The van der Waals surface area contributed by atoms with Crippen LogP contribution >= 0.6 is 0 Å². The zero-order valence-corrected chi connectivity index (χ0v) is 15.5. The van der Waals surface area contributed by atoms with Crippen molar-refractivity contribution in [1.82, 2.24) is 4.98 Å². The Kier molecular flexibility index (Phi) is 5.52. The monoisotopic (exact) mass is 348 g/mol. The van der Waals surface area contributed by atoms with E-state index in [-0.39, 0.29) is 5.91 Å². The van der Waals surface area contributed by atoms with E-state index in [2.05, 4.69) is 24.1 Å². The maximum absolute atomic E-state index is 12.6. The second-order valence-corrected chi connectivity index (χ2v) is 6.87. The van der Waals surface area contributed by atoms with E-state index in [1.54, 1.807) is 6.07 Å². The van der Waals surface area contributed by atoms with E-state index >= 15 is 0 Å². The van der Waals surface area contributed by atoms with Crippen molar-refractivity contribution < 1.29 is 9.53 Å². The van der Waals surface area contributed by atoms with Gasteiger partial charge in [0.05, 0.1) is 12.1 Å². The van der Waals surface area contributed by atoms with Gasteiger partial charge in [0.1, 0.15) is 5.75 Å². The number of aromatic nitrogens is 1. The average molecular weight is 348 g/mol. The normalized spacial score (nSPS) is 10.9. The minimum atomic E-state index is -0.146. The molecule has 0 saturated heterocycles. The molecule has 1 amide bonds. The number of anilines is 1. The Morgan fingerprint density at radius 3 is 2.77 bits per heavy atom. The lowest BCUT2D eigenvalue weighted by Crippen LogP contribution is -2.12. The largest absolute Gasteiger partial charge is 0.494 e. The van der Waals surface area contributed by atoms with Crippen LogP contribution in [0.15, 0.2) is 54.6 Å². The molecule has 0 aliphatic carbocycles. The van der Waals surface area contributed by atoms with Gasteiger partial charge in [-0.25, -0.2) is 0 Å². The second kappa shape index (κ2) is 8.00. The summed E-state index contributed by atoms with van der Waals surface area (Å²) in [5.74, 6) is 1.22. The maximum atomic E-state index is 12.6. The molecule has 26 heavy (non-hydrogen) atoms. The van der Waals surface area contributed by atoms with Gasteiger partial charge in [-0.3, -0.25) is 9.78 Å². The SMILES string of the molecule is Cc1ccc2cc(C(=O)Nc3cccc(OCCC(C)C)c3)ccc2n1. The van der Waals surface area contributed by atoms with Crippen molar-refractivity contribution in [3.8, 4) is 5.75 Å². The van der Waals surface area contributed by atoms with Gasteiger partial charge in [-0.15, -0.1) is 0 Å². The summed E-state index contributed by atoms with van der Waals surface area (Å²) in [4.78, 5) is 17.0. The Morgan fingerprint density at radius 2 is 1.96 bits per heavy atom. The minimum Gasteiger partial charge on any atom is -0.494 e. The molecule has 0 bridgehead atoms. The average Bonchev–Trinajstić information content (AvgIpc) is 2.61. The van der Waals surface area contributed by atoms with Crippen molar-refractivity contribution in [3.63, 3.8) is 0 Å². The number of benzene rings is 2. The number of carbonyl (C=O) groups is 1. The molecule has 2 aromatic carbocycles. The molecule has 134 valence electrons. The van der Waals surface area contributed by atoms with Crippen molar-refractivity contribution in [1.29, 1.82) is 0 Å². The minimum absolute atomic E-state index is 0.146. The van der Waals surface area contributed by atoms with Gasteiger partial charge in [0, 0.05) is 28.4 Å². The summed E-state index contributed by atoms with van der Waals surface area (Å²) in [5, 5.41) is 3.89. The number of ether oxygens (including phenoxy) is 1. The van der Waals surface area contributed by atoms with E-state index < -0.39 is 0 Å². The maximum Gasteiger partial charge on any atom is 0.255 e. The first-order valence-electron chi connectivity index (χ1n) is 8.93. The van der Waals surface area contributed by atoms with Crippen LogP contribution in [0.2, 0.25) is 0 Å². The summed E-state index contributed by atoms with van der Waals surface area (Å²) in [6.07, 6.45) is 1.00. The molecular formula is C22H24N2O2. The topological polar surface area (TPSA) is 51.2 Å². The highest BCUT2D eigenvalue weighted by Crippen LogP contribution is 2.20. The smallest absolute Gasteiger partial charge is 0.255 e. The lowest BCUT2D eigenvalue weighted by molar-refractivity contribution is 0.102. The highest BCUT2D eigenvalue weighted by atomic mass is 16.5. The molecule has 1 heterocycles. The first-order chi connectivity index (χ1) is 12.5. The summed E-state index contributed by atoms with van der Waals surface area (Å²) in [5.41, 5.74) is 3.18. The first kappa shape index (κ1) is 17.9. The number of hydrogen-bond donors (Lipinski definition) is 1. The fraction of sp³-hybridized carbons (Fsp3) is 0.273. The lowest BCUT2D eigenvalue weighted by atomic mass is 10.1. The van der Waals surface area contributed by atoms with E-state index in [0.717, 1.165) is 34.5 Å². The number of aryl methyl sites for hydroxylation is 1. The number of rotatable bonds is 6. The van der Waals surface area contributed by atoms with Crippen LogP contribution in [0.1, 0.15) is 36.3 Å². The van der Waals surface area contributed by atoms with Crippen LogP contribution in [-0.2, 0) is 0 Å².